The first-order valence-corrected chi connectivity index (χ1v) is 11.7. The molecular formula is C24H25FN2O3S. The molecule has 0 spiro atoms. The molecule has 0 aliphatic heterocycles. The van der Waals surface area contributed by atoms with E-state index in [0.29, 0.717) is 24.2 Å². The number of nitrogens with one attached hydrogen (secondary N) is 1. The molecule has 0 saturated heterocycles. The Labute approximate surface area is 182 Å². The Kier molecular flexibility index (Phi) is 7.07. The quantitative estimate of drug-likeness (QED) is 0.574. The topological polar surface area (TPSA) is 66.5 Å². The summed E-state index contributed by atoms with van der Waals surface area (Å²) in [5.74, 6) is -0.503. The van der Waals surface area contributed by atoms with Crippen LogP contribution >= 0.6 is 0 Å². The fraction of sp³-hybridized carbons (Fsp3) is 0.208. The Morgan fingerprint density at radius 1 is 0.903 bits per heavy atom. The molecular weight excluding hydrogens is 415 g/mol. The highest BCUT2D eigenvalue weighted by atomic mass is 32.2. The Hall–Kier alpha value is -3.19. The lowest BCUT2D eigenvalue weighted by Gasteiger charge is -2.22. The van der Waals surface area contributed by atoms with Gasteiger partial charge in [-0.25, -0.2) is 12.8 Å². The lowest BCUT2D eigenvalue weighted by molar-refractivity contribution is 0.0954. The summed E-state index contributed by atoms with van der Waals surface area (Å²) in [6.45, 7) is 2.55. The van der Waals surface area contributed by atoms with E-state index in [4.69, 9.17) is 0 Å². The van der Waals surface area contributed by atoms with Gasteiger partial charge >= 0.3 is 0 Å². The molecule has 3 aromatic carbocycles. The van der Waals surface area contributed by atoms with Crippen LogP contribution in [0.2, 0.25) is 0 Å². The standard InChI is InChI=1S/C24H25FN2O3S/c1-18-3-13-23(14-4-18)27(31(2,29)30)17-20-5-9-21(10-6-20)24(28)26-16-15-19-7-11-22(25)12-8-19/h3-14H,15-17H2,1-2H3,(H,26,28). The summed E-state index contributed by atoms with van der Waals surface area (Å²) in [5, 5.41) is 2.84. The molecule has 3 rings (SSSR count). The van der Waals surface area contributed by atoms with Crippen molar-refractivity contribution in [1.82, 2.24) is 5.32 Å². The number of rotatable bonds is 8. The van der Waals surface area contributed by atoms with Gasteiger partial charge in [-0.1, -0.05) is 42.0 Å². The number of nitrogens with zero attached hydrogens (tertiary/aromatic N) is 1. The summed E-state index contributed by atoms with van der Waals surface area (Å²) in [7, 11) is -3.47. The van der Waals surface area contributed by atoms with Crippen LogP contribution < -0.4 is 9.62 Å². The molecule has 7 heteroatoms. The average Bonchev–Trinajstić information content (AvgIpc) is 2.74. The van der Waals surface area contributed by atoms with Crippen molar-refractivity contribution in [3.63, 3.8) is 0 Å². The molecule has 0 radical (unpaired) electrons. The van der Waals surface area contributed by atoms with Gasteiger partial charge in [-0.15, -0.1) is 0 Å². The van der Waals surface area contributed by atoms with E-state index in [1.54, 1.807) is 48.5 Å². The number of aryl methyl sites for hydroxylation is 1. The number of amides is 1. The number of carbonyl (C=O) groups is 1. The first-order chi connectivity index (χ1) is 14.7. The molecule has 0 atom stereocenters. The Bertz CT molecular complexity index is 1130. The molecule has 31 heavy (non-hydrogen) atoms. The number of hydrogen-bond acceptors (Lipinski definition) is 3. The minimum absolute atomic E-state index is 0.175. The second kappa shape index (κ2) is 9.75. The molecule has 0 aliphatic rings. The van der Waals surface area contributed by atoms with E-state index in [-0.39, 0.29) is 18.3 Å². The maximum absolute atomic E-state index is 12.9. The lowest BCUT2D eigenvalue weighted by Crippen LogP contribution is -2.29. The number of hydrogen-bond donors (Lipinski definition) is 1. The number of carbonyl (C=O) groups excluding carboxylic acids is 1. The van der Waals surface area contributed by atoms with Gasteiger partial charge in [0.15, 0.2) is 0 Å². The molecule has 5 nitrogen and oxygen atoms in total. The van der Waals surface area contributed by atoms with Gasteiger partial charge in [0.1, 0.15) is 5.82 Å². The highest BCUT2D eigenvalue weighted by molar-refractivity contribution is 7.92. The first kappa shape index (κ1) is 22.5. The molecule has 0 aliphatic carbocycles. The normalized spacial score (nSPS) is 11.2. The maximum Gasteiger partial charge on any atom is 0.251 e. The summed E-state index contributed by atoms with van der Waals surface area (Å²) < 4.78 is 38.9. The van der Waals surface area contributed by atoms with Gasteiger partial charge in [-0.3, -0.25) is 9.10 Å². The molecule has 0 bridgehead atoms. The third kappa shape index (κ3) is 6.39. The van der Waals surface area contributed by atoms with Crippen molar-refractivity contribution in [1.29, 1.82) is 0 Å². The van der Waals surface area contributed by atoms with Crippen molar-refractivity contribution in [3.8, 4) is 0 Å². The molecule has 162 valence electrons. The number of sulfonamides is 1. The van der Waals surface area contributed by atoms with Crippen molar-refractivity contribution in [2.45, 2.75) is 19.9 Å². The zero-order valence-electron chi connectivity index (χ0n) is 17.5. The van der Waals surface area contributed by atoms with E-state index in [0.717, 1.165) is 16.7 Å². The molecule has 0 aromatic heterocycles. The SMILES string of the molecule is Cc1ccc(N(Cc2ccc(C(=O)NCCc3ccc(F)cc3)cc2)S(C)(=O)=O)cc1. The fourth-order valence-corrected chi connectivity index (χ4v) is 4.00. The van der Waals surface area contributed by atoms with Gasteiger partial charge in [-0.2, -0.15) is 0 Å². The zero-order valence-corrected chi connectivity index (χ0v) is 18.3. The maximum atomic E-state index is 12.9. The van der Waals surface area contributed by atoms with Gasteiger partial charge in [0.05, 0.1) is 18.5 Å². The predicted octanol–water partition coefficient (Wildman–Crippen LogP) is 4.07. The molecule has 0 saturated carbocycles. The minimum Gasteiger partial charge on any atom is -0.352 e. The van der Waals surface area contributed by atoms with Gasteiger partial charge in [0, 0.05) is 12.1 Å². The molecule has 0 unspecified atom stereocenters. The van der Waals surface area contributed by atoms with Crippen molar-refractivity contribution in [3.05, 3.63) is 101 Å². The van der Waals surface area contributed by atoms with E-state index in [9.17, 15) is 17.6 Å². The Morgan fingerprint density at radius 3 is 2.06 bits per heavy atom. The predicted molar refractivity (Wildman–Crippen MR) is 121 cm³/mol. The summed E-state index contributed by atoms with van der Waals surface area (Å²) >= 11 is 0. The summed E-state index contributed by atoms with van der Waals surface area (Å²) in [4.78, 5) is 12.4. The van der Waals surface area contributed by atoms with Crippen molar-refractivity contribution < 1.29 is 17.6 Å². The molecule has 1 amide bonds. The average molecular weight is 441 g/mol. The number of halogens is 1. The zero-order chi connectivity index (χ0) is 22.4. The van der Waals surface area contributed by atoms with E-state index in [1.165, 1.54) is 22.7 Å². The second-order valence-corrected chi connectivity index (χ2v) is 9.34. The minimum atomic E-state index is -3.47. The third-order valence-corrected chi connectivity index (χ3v) is 6.02. The monoisotopic (exact) mass is 440 g/mol. The van der Waals surface area contributed by atoms with E-state index >= 15 is 0 Å². The van der Waals surface area contributed by atoms with Crippen LogP contribution in [0.4, 0.5) is 10.1 Å². The van der Waals surface area contributed by atoms with Crippen LogP contribution in [0.5, 0.6) is 0 Å². The second-order valence-electron chi connectivity index (χ2n) is 7.43. The van der Waals surface area contributed by atoms with E-state index < -0.39 is 10.0 Å². The third-order valence-electron chi connectivity index (χ3n) is 4.88. The smallest absolute Gasteiger partial charge is 0.251 e. The Balaban J connectivity index is 1.62. The number of benzene rings is 3. The van der Waals surface area contributed by atoms with Gasteiger partial charge < -0.3 is 5.32 Å². The van der Waals surface area contributed by atoms with Crippen LogP contribution in [0.15, 0.2) is 72.8 Å². The number of anilines is 1. The first-order valence-electron chi connectivity index (χ1n) is 9.88. The van der Waals surface area contributed by atoms with Crippen LogP contribution in [0.1, 0.15) is 27.0 Å². The van der Waals surface area contributed by atoms with Crippen molar-refractivity contribution in [2.75, 3.05) is 17.1 Å². The van der Waals surface area contributed by atoms with Crippen LogP contribution in [-0.2, 0) is 23.0 Å². The lowest BCUT2D eigenvalue weighted by atomic mass is 10.1. The van der Waals surface area contributed by atoms with Crippen molar-refractivity contribution in [2.24, 2.45) is 0 Å². The molecule has 1 N–H and O–H groups in total. The summed E-state index contributed by atoms with van der Waals surface area (Å²) in [6.07, 6.45) is 1.78. The van der Waals surface area contributed by atoms with Crippen LogP contribution in [-0.4, -0.2) is 27.1 Å². The van der Waals surface area contributed by atoms with Crippen molar-refractivity contribution >= 4 is 21.6 Å². The van der Waals surface area contributed by atoms with Gasteiger partial charge in [-0.05, 0) is 60.9 Å². The largest absolute Gasteiger partial charge is 0.352 e. The highest BCUT2D eigenvalue weighted by Gasteiger charge is 2.18. The van der Waals surface area contributed by atoms with Crippen LogP contribution in [0.25, 0.3) is 0 Å². The van der Waals surface area contributed by atoms with Gasteiger partial charge in [0.25, 0.3) is 5.91 Å². The van der Waals surface area contributed by atoms with Crippen LogP contribution in [0, 0.1) is 12.7 Å². The molecule has 0 fully saturated rings. The van der Waals surface area contributed by atoms with E-state index in [2.05, 4.69) is 5.32 Å². The fourth-order valence-electron chi connectivity index (χ4n) is 3.11. The van der Waals surface area contributed by atoms with Crippen LogP contribution in [0.3, 0.4) is 0 Å². The molecule has 3 aromatic rings. The van der Waals surface area contributed by atoms with Gasteiger partial charge in [0.2, 0.25) is 10.0 Å². The molecule has 0 heterocycles. The van der Waals surface area contributed by atoms with E-state index in [1.807, 2.05) is 19.1 Å². The summed E-state index contributed by atoms with van der Waals surface area (Å²) in [6, 6.07) is 20.3. The summed E-state index contributed by atoms with van der Waals surface area (Å²) in [5.41, 5.74) is 3.84. The highest BCUT2D eigenvalue weighted by Crippen LogP contribution is 2.21. The Morgan fingerprint density at radius 2 is 1.48 bits per heavy atom.